The maximum Gasteiger partial charge on any atom is 0.338 e. The lowest BCUT2D eigenvalue weighted by atomic mass is 9.76. The lowest BCUT2D eigenvalue weighted by Crippen LogP contribution is -2.45. The standard InChI is InChI=1S/C32H32O6/c1-17-13-20(9-11-26(17)35-3)31(33)37-29-24-16-25(28-22-8-6-5-7-19(22)15-23(24)28)30(29)38-32(34)21-10-12-27(36-4)18(2)14-21/h5-14,23-25,28-30H,15-16H2,1-4H3/t23?,24?,25?,28?,29-,30+/m1/s1. The number of hydrogen-bond donors (Lipinski definition) is 0. The van der Waals surface area contributed by atoms with E-state index in [0.717, 1.165) is 29.7 Å². The van der Waals surface area contributed by atoms with Crippen LogP contribution in [-0.4, -0.2) is 38.4 Å². The molecule has 2 bridgehead atoms. The summed E-state index contributed by atoms with van der Waals surface area (Å²) in [6, 6.07) is 19.1. The predicted octanol–water partition coefficient (Wildman–Crippen LogP) is 5.68. The van der Waals surface area contributed by atoms with Crippen molar-refractivity contribution in [1.82, 2.24) is 0 Å². The normalized spacial score (nSPS) is 26.4. The fourth-order valence-electron chi connectivity index (χ4n) is 7.16. The van der Waals surface area contributed by atoms with Gasteiger partial charge in [-0.15, -0.1) is 0 Å². The molecule has 6 atom stereocenters. The molecule has 0 amide bonds. The molecular formula is C32H32O6. The van der Waals surface area contributed by atoms with Gasteiger partial charge in [-0.1, -0.05) is 24.3 Å². The molecule has 6 rings (SSSR count). The average Bonchev–Trinajstić information content (AvgIpc) is 3.58. The molecule has 0 aliphatic heterocycles. The third kappa shape index (κ3) is 3.94. The van der Waals surface area contributed by atoms with E-state index in [1.165, 1.54) is 11.1 Å². The number of fused-ring (bicyclic) bond motifs is 7. The van der Waals surface area contributed by atoms with Gasteiger partial charge in [0.2, 0.25) is 0 Å². The van der Waals surface area contributed by atoms with Gasteiger partial charge in [0.25, 0.3) is 0 Å². The number of ether oxygens (including phenoxy) is 4. The van der Waals surface area contributed by atoms with E-state index in [9.17, 15) is 9.59 Å². The van der Waals surface area contributed by atoms with Crippen LogP contribution in [0.15, 0.2) is 60.7 Å². The Bertz CT molecular complexity index is 1410. The summed E-state index contributed by atoms with van der Waals surface area (Å²) in [4.78, 5) is 26.7. The number of rotatable bonds is 6. The second kappa shape index (κ2) is 9.50. The van der Waals surface area contributed by atoms with Crippen LogP contribution in [0.3, 0.4) is 0 Å². The Labute approximate surface area is 222 Å². The summed E-state index contributed by atoms with van der Waals surface area (Å²) in [6.45, 7) is 3.80. The zero-order valence-corrected chi connectivity index (χ0v) is 22.1. The molecule has 3 aliphatic rings. The van der Waals surface area contributed by atoms with Gasteiger partial charge in [-0.05, 0) is 97.2 Å². The number of esters is 2. The van der Waals surface area contributed by atoms with Crippen molar-refractivity contribution >= 4 is 11.9 Å². The smallest absolute Gasteiger partial charge is 0.338 e. The molecular weight excluding hydrogens is 480 g/mol. The van der Waals surface area contributed by atoms with Crippen molar-refractivity contribution in [3.05, 3.63) is 94.0 Å². The minimum atomic E-state index is -0.509. The van der Waals surface area contributed by atoms with E-state index in [-0.39, 0.29) is 11.8 Å². The highest BCUT2D eigenvalue weighted by atomic mass is 16.6. The van der Waals surface area contributed by atoms with Gasteiger partial charge in [-0.2, -0.15) is 0 Å². The Balaban J connectivity index is 1.30. The van der Waals surface area contributed by atoms with E-state index in [1.54, 1.807) is 50.6 Å². The summed E-state index contributed by atoms with van der Waals surface area (Å²) in [5.41, 5.74) is 5.35. The van der Waals surface area contributed by atoms with Gasteiger partial charge in [0.15, 0.2) is 0 Å². The summed E-state index contributed by atoms with van der Waals surface area (Å²) in [5.74, 6) is 1.56. The van der Waals surface area contributed by atoms with Crippen LogP contribution >= 0.6 is 0 Å². The van der Waals surface area contributed by atoms with Crippen LogP contribution in [0.4, 0.5) is 0 Å². The first-order valence-corrected chi connectivity index (χ1v) is 13.2. The van der Waals surface area contributed by atoms with Crippen LogP contribution in [-0.2, 0) is 15.9 Å². The number of methoxy groups -OCH3 is 2. The second-order valence-corrected chi connectivity index (χ2v) is 10.8. The highest BCUT2D eigenvalue weighted by Gasteiger charge is 2.63. The number of carbonyl (C=O) groups is 2. The molecule has 38 heavy (non-hydrogen) atoms. The van der Waals surface area contributed by atoms with Gasteiger partial charge in [0.05, 0.1) is 25.3 Å². The minimum absolute atomic E-state index is 0.104. The molecule has 3 aromatic rings. The molecule has 3 aliphatic carbocycles. The van der Waals surface area contributed by atoms with Crippen molar-refractivity contribution in [3.63, 3.8) is 0 Å². The van der Waals surface area contributed by atoms with Gasteiger partial charge in [-0.3, -0.25) is 0 Å². The lowest BCUT2D eigenvalue weighted by Gasteiger charge is -2.37. The average molecular weight is 513 g/mol. The first kappa shape index (κ1) is 24.5. The van der Waals surface area contributed by atoms with Gasteiger partial charge in [-0.25, -0.2) is 9.59 Å². The molecule has 2 saturated carbocycles. The number of hydrogen-bond acceptors (Lipinski definition) is 6. The first-order chi connectivity index (χ1) is 18.4. The third-order valence-corrected chi connectivity index (χ3v) is 8.80. The molecule has 0 aromatic heterocycles. The zero-order chi connectivity index (χ0) is 26.6. The predicted molar refractivity (Wildman–Crippen MR) is 142 cm³/mol. The Morgan fingerprint density at radius 1 is 0.711 bits per heavy atom. The number of benzene rings is 3. The molecule has 196 valence electrons. The van der Waals surface area contributed by atoms with Gasteiger partial charge >= 0.3 is 11.9 Å². The topological polar surface area (TPSA) is 71.1 Å². The van der Waals surface area contributed by atoms with Gasteiger partial charge in [0.1, 0.15) is 23.7 Å². The van der Waals surface area contributed by atoms with Crippen molar-refractivity contribution in [1.29, 1.82) is 0 Å². The number of carbonyl (C=O) groups excluding carboxylic acids is 2. The summed E-state index contributed by atoms with van der Waals surface area (Å²) >= 11 is 0. The monoisotopic (exact) mass is 512 g/mol. The van der Waals surface area contributed by atoms with E-state index in [0.29, 0.717) is 28.7 Å². The molecule has 0 spiro atoms. The van der Waals surface area contributed by atoms with Crippen LogP contribution in [0, 0.1) is 31.6 Å². The molecule has 0 radical (unpaired) electrons. The Morgan fingerprint density at radius 3 is 1.82 bits per heavy atom. The summed E-state index contributed by atoms with van der Waals surface area (Å²) in [5, 5.41) is 0. The van der Waals surface area contributed by atoms with E-state index in [1.807, 2.05) is 13.8 Å². The van der Waals surface area contributed by atoms with Gasteiger partial charge < -0.3 is 18.9 Å². The lowest BCUT2D eigenvalue weighted by molar-refractivity contribution is -0.0698. The van der Waals surface area contributed by atoms with Crippen molar-refractivity contribution in [2.75, 3.05) is 14.2 Å². The maximum atomic E-state index is 13.4. The third-order valence-electron chi connectivity index (χ3n) is 8.80. The molecule has 4 unspecified atom stereocenters. The van der Waals surface area contributed by atoms with Crippen molar-refractivity contribution in [2.24, 2.45) is 17.8 Å². The van der Waals surface area contributed by atoms with E-state index in [2.05, 4.69) is 24.3 Å². The van der Waals surface area contributed by atoms with E-state index in [4.69, 9.17) is 18.9 Å². The summed E-state index contributed by atoms with van der Waals surface area (Å²) < 4.78 is 23.1. The van der Waals surface area contributed by atoms with Crippen molar-refractivity contribution in [3.8, 4) is 11.5 Å². The fraction of sp³-hybridized carbons (Fsp3) is 0.375. The van der Waals surface area contributed by atoms with Crippen LogP contribution in [0.2, 0.25) is 0 Å². The Kier molecular flexibility index (Phi) is 6.13. The van der Waals surface area contributed by atoms with Crippen LogP contribution in [0.5, 0.6) is 11.5 Å². The molecule has 6 nitrogen and oxygen atoms in total. The van der Waals surface area contributed by atoms with Crippen molar-refractivity contribution in [2.45, 2.75) is 44.8 Å². The van der Waals surface area contributed by atoms with E-state index >= 15 is 0 Å². The highest BCUT2D eigenvalue weighted by Crippen LogP contribution is 2.62. The first-order valence-electron chi connectivity index (χ1n) is 13.2. The minimum Gasteiger partial charge on any atom is -0.496 e. The van der Waals surface area contributed by atoms with Crippen LogP contribution in [0.25, 0.3) is 0 Å². The van der Waals surface area contributed by atoms with E-state index < -0.39 is 24.1 Å². The zero-order valence-electron chi connectivity index (χ0n) is 22.1. The summed E-state index contributed by atoms with van der Waals surface area (Å²) in [7, 11) is 3.21. The SMILES string of the molecule is COc1ccc(C(=O)O[C@@H]2C3CC(C4c5ccccc5CC43)[C@@H]2OC(=O)c2ccc(OC)c(C)c2)cc1C. The molecule has 6 heteroatoms. The Hall–Kier alpha value is -3.80. The Morgan fingerprint density at radius 2 is 1.26 bits per heavy atom. The molecule has 3 aromatic carbocycles. The molecule has 2 fully saturated rings. The van der Waals surface area contributed by atoms with Crippen molar-refractivity contribution < 1.29 is 28.5 Å². The fourth-order valence-corrected chi connectivity index (χ4v) is 7.16. The highest BCUT2D eigenvalue weighted by molar-refractivity contribution is 5.91. The molecule has 0 heterocycles. The maximum absolute atomic E-state index is 13.4. The van der Waals surface area contributed by atoms with Crippen LogP contribution < -0.4 is 9.47 Å². The molecule has 0 N–H and O–H groups in total. The largest absolute Gasteiger partial charge is 0.496 e. The molecule has 0 saturated heterocycles. The van der Waals surface area contributed by atoms with Crippen LogP contribution in [0.1, 0.15) is 55.3 Å². The number of aryl methyl sites for hydroxylation is 2. The quantitative estimate of drug-likeness (QED) is 0.396. The second-order valence-electron chi connectivity index (χ2n) is 10.8. The summed E-state index contributed by atoms with van der Waals surface area (Å²) in [6.07, 6.45) is 0.846. The van der Waals surface area contributed by atoms with Gasteiger partial charge in [0, 0.05) is 11.8 Å².